The molecule has 1 N–H and O–H groups in total. The Morgan fingerprint density at radius 2 is 2.35 bits per heavy atom. The van der Waals surface area contributed by atoms with Crippen LogP contribution in [-0.2, 0) is 4.79 Å². The molecule has 0 spiro atoms. The van der Waals surface area contributed by atoms with E-state index in [4.69, 9.17) is 10.4 Å². The number of nitrogens with zero attached hydrogens (tertiary/aromatic N) is 3. The maximum Gasteiger partial charge on any atom is 0.305 e. The van der Waals surface area contributed by atoms with E-state index >= 15 is 0 Å². The molecule has 0 aromatic carbocycles. The molecule has 0 saturated carbocycles. The maximum atomic E-state index is 10.7. The molecule has 0 aliphatic rings. The molecular weight excluding hydrogens is 218 g/mol. The molecule has 0 radical (unpaired) electrons. The van der Waals surface area contributed by atoms with Crippen LogP contribution in [0.2, 0.25) is 0 Å². The number of aliphatic carboxylic acids is 1. The highest BCUT2D eigenvalue weighted by Crippen LogP contribution is 2.16. The van der Waals surface area contributed by atoms with Crippen molar-refractivity contribution in [2.45, 2.75) is 26.3 Å². The van der Waals surface area contributed by atoms with Crippen LogP contribution in [0.4, 0.5) is 5.82 Å². The number of pyridine rings is 1. The van der Waals surface area contributed by atoms with Crippen LogP contribution in [0.15, 0.2) is 18.2 Å². The number of carboxylic acid groups (broad SMARTS) is 1. The fraction of sp³-hybridized carbons (Fsp3) is 0.417. The largest absolute Gasteiger partial charge is 0.481 e. The van der Waals surface area contributed by atoms with E-state index in [-0.39, 0.29) is 12.5 Å². The number of carboxylic acids is 1. The first kappa shape index (κ1) is 13.0. The van der Waals surface area contributed by atoms with Gasteiger partial charge in [-0.15, -0.1) is 0 Å². The van der Waals surface area contributed by atoms with E-state index in [1.54, 1.807) is 18.2 Å². The lowest BCUT2D eigenvalue weighted by molar-refractivity contribution is -0.137. The van der Waals surface area contributed by atoms with Crippen molar-refractivity contribution in [3.8, 4) is 6.07 Å². The molecule has 0 saturated heterocycles. The summed E-state index contributed by atoms with van der Waals surface area (Å²) in [4.78, 5) is 16.7. The third-order valence-electron chi connectivity index (χ3n) is 2.49. The number of rotatable bonds is 5. The first-order valence-electron chi connectivity index (χ1n) is 5.44. The van der Waals surface area contributed by atoms with E-state index in [0.717, 1.165) is 0 Å². The lowest BCUT2D eigenvalue weighted by Crippen LogP contribution is -2.35. The summed E-state index contributed by atoms with van der Waals surface area (Å²) >= 11 is 0. The second-order valence-electron chi connectivity index (χ2n) is 3.73. The van der Waals surface area contributed by atoms with Gasteiger partial charge < -0.3 is 10.0 Å². The molecule has 1 unspecified atom stereocenters. The van der Waals surface area contributed by atoms with Gasteiger partial charge in [-0.3, -0.25) is 4.79 Å². The van der Waals surface area contributed by atoms with Crippen LogP contribution >= 0.6 is 0 Å². The normalized spacial score (nSPS) is 11.6. The lowest BCUT2D eigenvalue weighted by Gasteiger charge is -2.28. The Morgan fingerprint density at radius 1 is 1.65 bits per heavy atom. The number of anilines is 1. The average Bonchev–Trinajstić information content (AvgIpc) is 2.29. The summed E-state index contributed by atoms with van der Waals surface area (Å²) in [5.74, 6) is -0.201. The van der Waals surface area contributed by atoms with Gasteiger partial charge in [-0.1, -0.05) is 6.07 Å². The van der Waals surface area contributed by atoms with Gasteiger partial charge in [-0.25, -0.2) is 4.98 Å². The molecule has 0 fully saturated rings. The Balaban J connectivity index is 2.93. The Labute approximate surface area is 100 Å². The second-order valence-corrected chi connectivity index (χ2v) is 3.73. The summed E-state index contributed by atoms with van der Waals surface area (Å²) in [5, 5.41) is 17.6. The predicted octanol–water partition coefficient (Wildman–Crippen LogP) is 1.64. The fourth-order valence-electron chi connectivity index (χ4n) is 1.71. The Morgan fingerprint density at radius 3 is 2.88 bits per heavy atom. The number of carbonyl (C=O) groups is 1. The maximum absolute atomic E-state index is 10.7. The SMILES string of the molecule is CCN(c1cccc(C#N)n1)C(C)CC(=O)O. The van der Waals surface area contributed by atoms with E-state index in [1.807, 2.05) is 24.8 Å². The third-order valence-corrected chi connectivity index (χ3v) is 2.49. The van der Waals surface area contributed by atoms with Crippen molar-refractivity contribution in [1.29, 1.82) is 5.26 Å². The molecule has 1 heterocycles. The molecule has 1 rings (SSSR count). The summed E-state index contributed by atoms with van der Waals surface area (Å²) in [5.41, 5.74) is 0.337. The van der Waals surface area contributed by atoms with Gasteiger partial charge in [0, 0.05) is 12.6 Å². The van der Waals surface area contributed by atoms with E-state index in [1.165, 1.54) is 0 Å². The minimum atomic E-state index is -0.840. The lowest BCUT2D eigenvalue weighted by atomic mass is 10.2. The van der Waals surface area contributed by atoms with Gasteiger partial charge in [0.15, 0.2) is 0 Å². The predicted molar refractivity (Wildman–Crippen MR) is 63.7 cm³/mol. The fourth-order valence-corrected chi connectivity index (χ4v) is 1.71. The molecule has 90 valence electrons. The number of hydrogen-bond donors (Lipinski definition) is 1. The van der Waals surface area contributed by atoms with Crippen molar-refractivity contribution < 1.29 is 9.90 Å². The van der Waals surface area contributed by atoms with Gasteiger partial charge >= 0.3 is 5.97 Å². The second kappa shape index (κ2) is 5.85. The highest BCUT2D eigenvalue weighted by molar-refractivity contribution is 5.68. The third kappa shape index (κ3) is 3.45. The van der Waals surface area contributed by atoms with Crippen molar-refractivity contribution in [1.82, 2.24) is 4.98 Å². The number of aromatic nitrogens is 1. The van der Waals surface area contributed by atoms with Gasteiger partial charge in [-0.2, -0.15) is 5.26 Å². The summed E-state index contributed by atoms with van der Waals surface area (Å²) in [6, 6.07) is 6.97. The Bertz CT molecular complexity index is 440. The summed E-state index contributed by atoms with van der Waals surface area (Å²) in [6.45, 7) is 4.41. The van der Waals surface area contributed by atoms with Crippen LogP contribution < -0.4 is 4.90 Å². The molecule has 5 heteroatoms. The first-order chi connectivity index (χ1) is 8.08. The van der Waals surface area contributed by atoms with Gasteiger partial charge in [0.2, 0.25) is 0 Å². The molecule has 5 nitrogen and oxygen atoms in total. The monoisotopic (exact) mass is 233 g/mol. The average molecular weight is 233 g/mol. The summed E-state index contributed by atoms with van der Waals surface area (Å²) in [6.07, 6.45) is 0.0479. The van der Waals surface area contributed by atoms with E-state index in [2.05, 4.69) is 4.98 Å². The standard InChI is InChI=1S/C12H15N3O2/c1-3-15(9(2)7-12(16)17)11-6-4-5-10(8-13)14-11/h4-6,9H,3,7H2,1-2H3,(H,16,17). The molecule has 1 aromatic heterocycles. The molecule has 0 aliphatic carbocycles. The number of hydrogen-bond acceptors (Lipinski definition) is 4. The van der Waals surface area contributed by atoms with Crippen molar-refractivity contribution >= 4 is 11.8 Å². The minimum absolute atomic E-state index is 0.0479. The highest BCUT2D eigenvalue weighted by atomic mass is 16.4. The van der Waals surface area contributed by atoms with Crippen molar-refractivity contribution in [2.24, 2.45) is 0 Å². The Kier molecular flexibility index (Phi) is 4.46. The summed E-state index contributed by atoms with van der Waals surface area (Å²) < 4.78 is 0. The van der Waals surface area contributed by atoms with Gasteiger partial charge in [-0.05, 0) is 26.0 Å². The van der Waals surface area contributed by atoms with Crippen molar-refractivity contribution in [2.75, 3.05) is 11.4 Å². The zero-order chi connectivity index (χ0) is 12.8. The van der Waals surface area contributed by atoms with Crippen LogP contribution in [-0.4, -0.2) is 28.6 Å². The minimum Gasteiger partial charge on any atom is -0.481 e. The smallest absolute Gasteiger partial charge is 0.305 e. The highest BCUT2D eigenvalue weighted by Gasteiger charge is 2.17. The Hall–Kier alpha value is -2.09. The quantitative estimate of drug-likeness (QED) is 0.836. The number of nitriles is 1. The van der Waals surface area contributed by atoms with Crippen molar-refractivity contribution in [3.63, 3.8) is 0 Å². The molecule has 0 bridgehead atoms. The topological polar surface area (TPSA) is 77.2 Å². The molecular formula is C12H15N3O2. The van der Waals surface area contributed by atoms with Crippen LogP contribution in [0, 0.1) is 11.3 Å². The van der Waals surface area contributed by atoms with Gasteiger partial charge in [0.25, 0.3) is 0 Å². The van der Waals surface area contributed by atoms with E-state index < -0.39 is 5.97 Å². The van der Waals surface area contributed by atoms with Crippen LogP contribution in [0.1, 0.15) is 26.0 Å². The van der Waals surface area contributed by atoms with Gasteiger partial charge in [0.05, 0.1) is 6.42 Å². The van der Waals surface area contributed by atoms with E-state index in [9.17, 15) is 4.79 Å². The summed E-state index contributed by atoms with van der Waals surface area (Å²) in [7, 11) is 0. The van der Waals surface area contributed by atoms with Crippen molar-refractivity contribution in [3.05, 3.63) is 23.9 Å². The molecule has 1 atom stereocenters. The first-order valence-corrected chi connectivity index (χ1v) is 5.44. The van der Waals surface area contributed by atoms with Crippen LogP contribution in [0.5, 0.6) is 0 Å². The molecule has 0 aliphatic heterocycles. The van der Waals surface area contributed by atoms with Crippen LogP contribution in [0.3, 0.4) is 0 Å². The van der Waals surface area contributed by atoms with Gasteiger partial charge in [0.1, 0.15) is 17.6 Å². The molecule has 17 heavy (non-hydrogen) atoms. The molecule has 1 aromatic rings. The van der Waals surface area contributed by atoms with E-state index in [0.29, 0.717) is 18.1 Å². The zero-order valence-corrected chi connectivity index (χ0v) is 9.92. The molecule has 0 amide bonds. The zero-order valence-electron chi connectivity index (χ0n) is 9.92. The van der Waals surface area contributed by atoms with Crippen LogP contribution in [0.25, 0.3) is 0 Å².